The van der Waals surface area contributed by atoms with Crippen LogP contribution in [0.15, 0.2) is 24.3 Å². The normalized spacial score (nSPS) is 11.2. The number of benzene rings is 1. The van der Waals surface area contributed by atoms with E-state index in [1.165, 1.54) is 0 Å². The van der Waals surface area contributed by atoms with Crippen LogP contribution in [0, 0.1) is 32.1 Å². The number of H-pyrrole nitrogens is 1. The Hall–Kier alpha value is -2.80. The number of aromatic carboxylic acids is 1. The van der Waals surface area contributed by atoms with Gasteiger partial charge in [-0.15, -0.1) is 0 Å². The lowest BCUT2D eigenvalue weighted by atomic mass is 10.0. The molecule has 0 aliphatic rings. The highest BCUT2D eigenvalue weighted by atomic mass is 16.4. The highest BCUT2D eigenvalue weighted by Crippen LogP contribution is 2.23. The van der Waals surface area contributed by atoms with Gasteiger partial charge in [0.2, 0.25) is 0 Å². The summed E-state index contributed by atoms with van der Waals surface area (Å²) in [6.45, 7) is 5.42. The Morgan fingerprint density at radius 2 is 2.05 bits per heavy atom. The van der Waals surface area contributed by atoms with E-state index in [1.807, 2.05) is 31.2 Å². The number of aromatic nitrogens is 1. The van der Waals surface area contributed by atoms with Crippen molar-refractivity contribution in [2.24, 2.45) is 0 Å². The van der Waals surface area contributed by atoms with Gasteiger partial charge in [0, 0.05) is 11.4 Å². The highest BCUT2D eigenvalue weighted by molar-refractivity contribution is 5.95. The first-order valence-corrected chi connectivity index (χ1v) is 6.55. The second kappa shape index (κ2) is 5.68. The molecule has 1 heterocycles. The lowest BCUT2D eigenvalue weighted by molar-refractivity contribution is 0.0695. The molecule has 0 fully saturated rings. The zero-order valence-electron chi connectivity index (χ0n) is 12.2. The van der Waals surface area contributed by atoms with E-state index >= 15 is 0 Å². The molecule has 2 N–H and O–H groups in total. The second-order valence-electron chi connectivity index (χ2n) is 5.01. The van der Waals surface area contributed by atoms with Crippen LogP contribution in [0.1, 0.15) is 38.4 Å². The molecule has 0 saturated carbocycles. The number of carboxylic acids is 1. The number of carbonyl (C=O) groups is 1. The van der Waals surface area contributed by atoms with Gasteiger partial charge in [0.1, 0.15) is 0 Å². The number of hydrogen-bond donors (Lipinski definition) is 2. The van der Waals surface area contributed by atoms with Crippen molar-refractivity contribution in [3.63, 3.8) is 0 Å². The number of hydrogen-bond acceptors (Lipinski definition) is 2. The molecule has 0 atom stereocenters. The van der Waals surface area contributed by atoms with Crippen molar-refractivity contribution >= 4 is 17.6 Å². The van der Waals surface area contributed by atoms with Crippen LogP contribution < -0.4 is 0 Å². The Balaban J connectivity index is 2.54. The molecule has 0 saturated heterocycles. The van der Waals surface area contributed by atoms with Gasteiger partial charge in [-0.1, -0.05) is 29.8 Å². The molecule has 4 nitrogen and oxygen atoms in total. The molecule has 2 rings (SSSR count). The van der Waals surface area contributed by atoms with E-state index in [1.54, 1.807) is 19.9 Å². The van der Waals surface area contributed by atoms with Gasteiger partial charge in [0.05, 0.1) is 17.2 Å². The molecule has 0 radical (unpaired) electrons. The molecule has 1 aromatic heterocycles. The quantitative estimate of drug-likeness (QED) is 0.841. The third-order valence-electron chi connectivity index (χ3n) is 3.43. The van der Waals surface area contributed by atoms with Crippen LogP contribution in [0.3, 0.4) is 0 Å². The third-order valence-corrected chi connectivity index (χ3v) is 3.43. The smallest absolute Gasteiger partial charge is 0.337 e. The van der Waals surface area contributed by atoms with E-state index in [2.05, 4.69) is 11.1 Å². The van der Waals surface area contributed by atoms with Gasteiger partial charge in [0.15, 0.2) is 0 Å². The molecule has 106 valence electrons. The molecule has 0 spiro atoms. The number of aromatic amines is 1. The molecule has 0 amide bonds. The number of nitrogens with one attached hydrogen (secondary N) is 1. The molecule has 2 aromatic rings. The van der Waals surface area contributed by atoms with Gasteiger partial charge in [-0.25, -0.2) is 4.79 Å². The number of rotatable bonds is 3. The molecule has 0 aliphatic carbocycles. The molecule has 0 aliphatic heterocycles. The van der Waals surface area contributed by atoms with Crippen LogP contribution in [-0.4, -0.2) is 16.1 Å². The summed E-state index contributed by atoms with van der Waals surface area (Å²) < 4.78 is 0. The van der Waals surface area contributed by atoms with Crippen molar-refractivity contribution in [2.75, 3.05) is 0 Å². The van der Waals surface area contributed by atoms with Gasteiger partial charge in [-0.05, 0) is 38.0 Å². The summed E-state index contributed by atoms with van der Waals surface area (Å²) in [6.07, 6.45) is 1.70. The van der Waals surface area contributed by atoms with Crippen molar-refractivity contribution in [2.45, 2.75) is 20.8 Å². The summed E-state index contributed by atoms with van der Waals surface area (Å²) >= 11 is 0. The maximum Gasteiger partial charge on any atom is 0.337 e. The lowest BCUT2D eigenvalue weighted by Gasteiger charge is -2.01. The topological polar surface area (TPSA) is 76.9 Å². The first-order chi connectivity index (χ1) is 9.93. The lowest BCUT2D eigenvalue weighted by Crippen LogP contribution is -1.98. The van der Waals surface area contributed by atoms with Crippen LogP contribution in [0.5, 0.6) is 0 Å². The monoisotopic (exact) mass is 280 g/mol. The summed E-state index contributed by atoms with van der Waals surface area (Å²) in [7, 11) is 0. The summed E-state index contributed by atoms with van der Waals surface area (Å²) in [5, 5.41) is 18.6. The summed E-state index contributed by atoms with van der Waals surface area (Å²) in [5.74, 6) is -0.963. The van der Waals surface area contributed by atoms with E-state index in [0.717, 1.165) is 11.1 Å². The minimum Gasteiger partial charge on any atom is -0.478 e. The van der Waals surface area contributed by atoms with E-state index < -0.39 is 5.97 Å². The van der Waals surface area contributed by atoms with E-state index in [4.69, 9.17) is 0 Å². The van der Waals surface area contributed by atoms with Gasteiger partial charge < -0.3 is 10.1 Å². The van der Waals surface area contributed by atoms with Crippen LogP contribution in [-0.2, 0) is 0 Å². The predicted octanol–water partition coefficient (Wildman–Crippen LogP) is 3.70. The minimum atomic E-state index is -0.963. The highest BCUT2D eigenvalue weighted by Gasteiger charge is 2.16. The standard InChI is InChI=1S/C17H16N2O2/c1-10-5-4-6-13(7-10)14(9-18)8-15-11(2)16(17(20)21)12(3)19-15/h4-8,19H,1-3H3,(H,20,21)/b14-8+. The maximum atomic E-state index is 11.2. The van der Waals surface area contributed by atoms with Crippen LogP contribution in [0.4, 0.5) is 0 Å². The van der Waals surface area contributed by atoms with E-state index in [9.17, 15) is 15.2 Å². The van der Waals surface area contributed by atoms with Crippen molar-refractivity contribution < 1.29 is 9.90 Å². The molecule has 0 unspecified atom stereocenters. The van der Waals surface area contributed by atoms with Crippen LogP contribution in [0.25, 0.3) is 11.6 Å². The Bertz CT molecular complexity index is 777. The fraction of sp³-hybridized carbons (Fsp3) is 0.176. The average Bonchev–Trinajstić information content (AvgIpc) is 2.70. The number of aryl methyl sites for hydroxylation is 2. The molecular weight excluding hydrogens is 264 g/mol. The van der Waals surface area contributed by atoms with Crippen molar-refractivity contribution in [3.05, 3.63) is 57.9 Å². The Labute approximate surface area is 123 Å². The van der Waals surface area contributed by atoms with Gasteiger partial charge in [0.25, 0.3) is 0 Å². The predicted molar refractivity (Wildman–Crippen MR) is 81.9 cm³/mol. The number of nitrogens with zero attached hydrogens (tertiary/aromatic N) is 1. The van der Waals surface area contributed by atoms with Gasteiger partial charge in [-0.2, -0.15) is 5.26 Å². The fourth-order valence-corrected chi connectivity index (χ4v) is 2.38. The van der Waals surface area contributed by atoms with E-state index in [0.29, 0.717) is 22.5 Å². The zero-order chi connectivity index (χ0) is 15.6. The molecule has 21 heavy (non-hydrogen) atoms. The average molecular weight is 280 g/mol. The van der Waals surface area contributed by atoms with Crippen LogP contribution in [0.2, 0.25) is 0 Å². The number of nitriles is 1. The van der Waals surface area contributed by atoms with Crippen molar-refractivity contribution in [1.82, 2.24) is 4.98 Å². The van der Waals surface area contributed by atoms with Gasteiger partial charge >= 0.3 is 5.97 Å². The SMILES string of the molecule is Cc1cccc(/C(C#N)=C/c2[nH]c(C)c(C(=O)O)c2C)c1. The number of carboxylic acid groups (broad SMARTS) is 1. The summed E-state index contributed by atoms with van der Waals surface area (Å²) in [4.78, 5) is 14.3. The van der Waals surface area contributed by atoms with Gasteiger partial charge in [-0.3, -0.25) is 0 Å². The Morgan fingerprint density at radius 3 is 2.57 bits per heavy atom. The Morgan fingerprint density at radius 1 is 1.33 bits per heavy atom. The molecule has 0 bridgehead atoms. The molecule has 4 heteroatoms. The van der Waals surface area contributed by atoms with E-state index in [-0.39, 0.29) is 5.56 Å². The van der Waals surface area contributed by atoms with Crippen LogP contribution >= 0.6 is 0 Å². The summed E-state index contributed by atoms with van der Waals surface area (Å²) in [6, 6.07) is 9.83. The van der Waals surface area contributed by atoms with Crippen molar-refractivity contribution in [1.29, 1.82) is 5.26 Å². The van der Waals surface area contributed by atoms with Crippen molar-refractivity contribution in [3.8, 4) is 6.07 Å². The summed E-state index contributed by atoms with van der Waals surface area (Å²) in [5.41, 5.74) is 4.54. The minimum absolute atomic E-state index is 0.266. The molecular formula is C17H16N2O2. The number of allylic oxidation sites excluding steroid dienone is 1. The second-order valence-corrected chi connectivity index (χ2v) is 5.01. The first kappa shape index (κ1) is 14.6. The Kier molecular flexibility index (Phi) is 3.95. The maximum absolute atomic E-state index is 11.2. The first-order valence-electron chi connectivity index (χ1n) is 6.55. The largest absolute Gasteiger partial charge is 0.478 e. The fourth-order valence-electron chi connectivity index (χ4n) is 2.38. The third kappa shape index (κ3) is 2.87. The zero-order valence-corrected chi connectivity index (χ0v) is 12.2. The molecule has 1 aromatic carbocycles.